The van der Waals surface area contributed by atoms with E-state index in [2.05, 4.69) is 32.5 Å². The Labute approximate surface area is 128 Å². The number of nitrogens with one attached hydrogen (secondary N) is 2. The van der Waals surface area contributed by atoms with E-state index < -0.39 is 0 Å². The van der Waals surface area contributed by atoms with Gasteiger partial charge in [-0.2, -0.15) is 0 Å². The first-order chi connectivity index (χ1) is 10.2. The summed E-state index contributed by atoms with van der Waals surface area (Å²) in [6.07, 6.45) is 6.60. The van der Waals surface area contributed by atoms with Gasteiger partial charge in [-0.3, -0.25) is 4.79 Å². The third kappa shape index (κ3) is 4.22. The topological polar surface area (TPSA) is 79.8 Å². The van der Waals surface area contributed by atoms with E-state index in [1.807, 2.05) is 12.3 Å². The molecule has 2 heterocycles. The van der Waals surface area contributed by atoms with Crippen molar-refractivity contribution in [2.75, 3.05) is 11.9 Å². The molecule has 7 heteroatoms. The van der Waals surface area contributed by atoms with Gasteiger partial charge in [-0.25, -0.2) is 15.0 Å². The van der Waals surface area contributed by atoms with Gasteiger partial charge in [0.05, 0.1) is 18.4 Å². The number of hydrogen-bond acceptors (Lipinski definition) is 6. The van der Waals surface area contributed by atoms with Crippen molar-refractivity contribution >= 4 is 23.1 Å². The monoisotopic (exact) mass is 305 g/mol. The molecule has 0 radical (unpaired) electrons. The Morgan fingerprint density at radius 2 is 2.14 bits per heavy atom. The molecule has 0 aromatic carbocycles. The molecule has 112 valence electrons. The first-order valence-electron chi connectivity index (χ1n) is 7.00. The number of nitrogens with zero attached hydrogens (tertiary/aromatic N) is 3. The second-order valence-electron chi connectivity index (χ2n) is 4.52. The zero-order chi connectivity index (χ0) is 15.1. The van der Waals surface area contributed by atoms with E-state index in [1.165, 1.54) is 17.5 Å². The maximum atomic E-state index is 12.2. The van der Waals surface area contributed by atoms with Crippen molar-refractivity contribution in [1.82, 2.24) is 20.3 Å². The third-order valence-electron chi connectivity index (χ3n) is 2.90. The van der Waals surface area contributed by atoms with Crippen LogP contribution < -0.4 is 10.6 Å². The van der Waals surface area contributed by atoms with E-state index in [0.29, 0.717) is 11.5 Å². The Bertz CT molecular complexity index is 555. The molecule has 0 bridgehead atoms. The molecule has 2 N–H and O–H groups in total. The number of hydrogen-bond donors (Lipinski definition) is 2. The summed E-state index contributed by atoms with van der Waals surface area (Å²) in [5.41, 5.74) is 0.312. The molecule has 0 fully saturated rings. The molecule has 2 aromatic rings. The number of amides is 1. The molecule has 0 aliphatic carbocycles. The summed E-state index contributed by atoms with van der Waals surface area (Å²) in [4.78, 5) is 24.7. The van der Waals surface area contributed by atoms with E-state index in [4.69, 9.17) is 0 Å². The summed E-state index contributed by atoms with van der Waals surface area (Å²) in [5.74, 6) is 0.451. The van der Waals surface area contributed by atoms with Crippen molar-refractivity contribution in [3.63, 3.8) is 0 Å². The van der Waals surface area contributed by atoms with Crippen LogP contribution in [0.5, 0.6) is 0 Å². The van der Waals surface area contributed by atoms with Crippen LogP contribution in [0.2, 0.25) is 0 Å². The second kappa shape index (κ2) is 7.68. The molecular weight excluding hydrogens is 286 g/mol. The fraction of sp³-hybridized carbons (Fsp3) is 0.429. The predicted molar refractivity (Wildman–Crippen MR) is 83.4 cm³/mol. The highest BCUT2D eigenvalue weighted by atomic mass is 32.1. The molecule has 1 amide bonds. The van der Waals surface area contributed by atoms with Crippen molar-refractivity contribution in [1.29, 1.82) is 0 Å². The summed E-state index contributed by atoms with van der Waals surface area (Å²) < 4.78 is 0. The van der Waals surface area contributed by atoms with Crippen LogP contribution in [0.1, 0.15) is 48.2 Å². The van der Waals surface area contributed by atoms with Gasteiger partial charge in [0.25, 0.3) is 5.91 Å². The number of carbonyl (C=O) groups is 1. The van der Waals surface area contributed by atoms with Crippen LogP contribution in [0, 0.1) is 0 Å². The molecule has 1 atom stereocenters. The first kappa shape index (κ1) is 15.4. The van der Waals surface area contributed by atoms with Gasteiger partial charge in [0.15, 0.2) is 0 Å². The summed E-state index contributed by atoms with van der Waals surface area (Å²) >= 11 is 1.53. The van der Waals surface area contributed by atoms with E-state index in [9.17, 15) is 4.79 Å². The lowest BCUT2D eigenvalue weighted by Crippen LogP contribution is -2.29. The molecule has 0 aliphatic heterocycles. The molecular formula is C14H19N5OS. The highest BCUT2D eigenvalue weighted by Gasteiger charge is 2.17. The largest absolute Gasteiger partial charge is 0.369 e. The maximum absolute atomic E-state index is 12.2. The highest BCUT2D eigenvalue weighted by molar-refractivity contribution is 7.09. The van der Waals surface area contributed by atoms with Crippen molar-refractivity contribution in [2.24, 2.45) is 0 Å². The van der Waals surface area contributed by atoms with Gasteiger partial charge in [0.1, 0.15) is 16.5 Å². The predicted octanol–water partition coefficient (Wildman–Crippen LogP) is 2.64. The minimum atomic E-state index is -0.230. The van der Waals surface area contributed by atoms with Crippen LogP contribution in [0.3, 0.4) is 0 Å². The van der Waals surface area contributed by atoms with Crippen LogP contribution in [0.15, 0.2) is 24.0 Å². The first-order valence-corrected chi connectivity index (χ1v) is 7.88. The maximum Gasteiger partial charge on any atom is 0.272 e. The highest BCUT2D eigenvalue weighted by Crippen LogP contribution is 2.19. The SMILES string of the molecule is CCCNc1cnc(C(=O)NC(CC)c2nccs2)cn1. The average Bonchev–Trinajstić information content (AvgIpc) is 3.05. The average molecular weight is 305 g/mol. The van der Waals surface area contributed by atoms with E-state index >= 15 is 0 Å². The lowest BCUT2D eigenvalue weighted by molar-refractivity contribution is 0.0930. The summed E-state index contributed by atoms with van der Waals surface area (Å²) in [6.45, 7) is 4.92. The zero-order valence-corrected chi connectivity index (χ0v) is 13.0. The lowest BCUT2D eigenvalue weighted by atomic mass is 10.2. The Morgan fingerprint density at radius 3 is 2.71 bits per heavy atom. The molecule has 0 spiro atoms. The van der Waals surface area contributed by atoms with Crippen LogP contribution in [0.4, 0.5) is 5.82 Å². The lowest BCUT2D eigenvalue weighted by Gasteiger charge is -2.14. The number of carbonyl (C=O) groups excluding carboxylic acids is 1. The molecule has 2 aromatic heterocycles. The summed E-state index contributed by atoms with van der Waals surface area (Å²) in [5, 5.41) is 8.86. The number of anilines is 1. The van der Waals surface area contributed by atoms with Gasteiger partial charge in [-0.15, -0.1) is 11.3 Å². The van der Waals surface area contributed by atoms with Crippen LogP contribution in [0.25, 0.3) is 0 Å². The van der Waals surface area contributed by atoms with Crippen molar-refractivity contribution < 1.29 is 4.79 Å². The van der Waals surface area contributed by atoms with Crippen LogP contribution >= 0.6 is 11.3 Å². The Hall–Kier alpha value is -2.02. The minimum absolute atomic E-state index is 0.0859. The minimum Gasteiger partial charge on any atom is -0.369 e. The van der Waals surface area contributed by atoms with Crippen molar-refractivity contribution in [2.45, 2.75) is 32.7 Å². The quantitative estimate of drug-likeness (QED) is 0.822. The Kier molecular flexibility index (Phi) is 5.62. The fourth-order valence-electron chi connectivity index (χ4n) is 1.77. The summed E-state index contributed by atoms with van der Waals surface area (Å²) in [7, 11) is 0. The molecule has 6 nitrogen and oxygen atoms in total. The molecule has 2 rings (SSSR count). The smallest absolute Gasteiger partial charge is 0.272 e. The Balaban J connectivity index is 1.99. The van der Waals surface area contributed by atoms with Gasteiger partial charge >= 0.3 is 0 Å². The molecule has 0 saturated heterocycles. The molecule has 0 saturated carbocycles. The van der Waals surface area contributed by atoms with E-state index in [0.717, 1.165) is 24.4 Å². The third-order valence-corrected chi connectivity index (χ3v) is 3.79. The Morgan fingerprint density at radius 1 is 1.29 bits per heavy atom. The molecule has 0 aliphatic rings. The van der Waals surface area contributed by atoms with Crippen LogP contribution in [-0.2, 0) is 0 Å². The number of rotatable bonds is 7. The number of thiazole rings is 1. The van der Waals surface area contributed by atoms with Gasteiger partial charge in [-0.1, -0.05) is 13.8 Å². The van der Waals surface area contributed by atoms with E-state index in [-0.39, 0.29) is 11.9 Å². The van der Waals surface area contributed by atoms with Gasteiger partial charge < -0.3 is 10.6 Å². The fourth-order valence-corrected chi connectivity index (χ4v) is 2.54. The standard InChI is InChI=1S/C14H19N5OS/c1-3-5-15-12-9-17-11(8-18-12)13(20)19-10(4-2)14-16-6-7-21-14/h6-10H,3-5H2,1-2H3,(H,15,18)(H,19,20). The van der Waals surface area contributed by atoms with E-state index in [1.54, 1.807) is 12.4 Å². The van der Waals surface area contributed by atoms with Crippen LogP contribution in [-0.4, -0.2) is 27.4 Å². The normalized spacial score (nSPS) is 11.9. The second-order valence-corrected chi connectivity index (χ2v) is 5.44. The molecule has 21 heavy (non-hydrogen) atoms. The van der Waals surface area contributed by atoms with Gasteiger partial charge in [0.2, 0.25) is 0 Å². The van der Waals surface area contributed by atoms with Gasteiger partial charge in [-0.05, 0) is 12.8 Å². The molecule has 1 unspecified atom stereocenters. The zero-order valence-electron chi connectivity index (χ0n) is 12.2. The number of aromatic nitrogens is 3. The summed E-state index contributed by atoms with van der Waals surface area (Å²) in [6, 6.07) is -0.0859. The van der Waals surface area contributed by atoms with Gasteiger partial charge in [0, 0.05) is 18.1 Å². The van der Waals surface area contributed by atoms with Crippen molar-refractivity contribution in [3.8, 4) is 0 Å². The van der Waals surface area contributed by atoms with Crippen molar-refractivity contribution in [3.05, 3.63) is 34.7 Å².